The van der Waals surface area contributed by atoms with Crippen molar-refractivity contribution in [1.29, 1.82) is 0 Å². The predicted molar refractivity (Wildman–Crippen MR) is 96.9 cm³/mol. The summed E-state index contributed by atoms with van der Waals surface area (Å²) in [5.74, 6) is 0.855. The van der Waals surface area contributed by atoms with E-state index in [4.69, 9.17) is 0 Å². The highest BCUT2D eigenvalue weighted by molar-refractivity contribution is 5.85. The number of aliphatic imine (C=N–C) groups is 1. The molecule has 1 aliphatic carbocycles. The molecule has 0 aromatic heterocycles. The lowest BCUT2D eigenvalue weighted by atomic mass is 9.84. The van der Waals surface area contributed by atoms with Gasteiger partial charge in [0.1, 0.15) is 0 Å². The molecule has 0 atom stereocenters. The van der Waals surface area contributed by atoms with Crippen molar-refractivity contribution in [3.63, 3.8) is 0 Å². The van der Waals surface area contributed by atoms with E-state index in [9.17, 15) is 9.59 Å². The summed E-state index contributed by atoms with van der Waals surface area (Å²) in [5, 5.41) is 9.25. The second-order valence-corrected chi connectivity index (χ2v) is 6.64. The molecule has 0 aromatic carbocycles. The third-order valence-electron chi connectivity index (χ3n) is 4.46. The van der Waals surface area contributed by atoms with E-state index in [1.54, 1.807) is 11.9 Å². The number of rotatable bonds is 8. The van der Waals surface area contributed by atoms with Gasteiger partial charge in [0, 0.05) is 47.2 Å². The lowest BCUT2D eigenvalue weighted by Crippen LogP contribution is -2.49. The van der Waals surface area contributed by atoms with Gasteiger partial charge < -0.3 is 20.9 Å². The van der Waals surface area contributed by atoms with Gasteiger partial charge in [-0.25, -0.2) is 0 Å². The van der Waals surface area contributed by atoms with E-state index in [0.717, 1.165) is 32.1 Å². The molecular weight excluding hydrogens is 306 g/mol. The van der Waals surface area contributed by atoms with Crippen LogP contribution in [0.25, 0.3) is 0 Å². The largest absolute Gasteiger partial charge is 0.356 e. The molecule has 0 heterocycles. The monoisotopic (exact) mass is 339 g/mol. The predicted octanol–water partition coefficient (Wildman–Crippen LogP) is 0.716. The Balaban J connectivity index is 2.44. The SMILES string of the molecule is CCCNC(=O)CCNC(=NC)NCC1(C(=O)N(C)C)CCCC1. The molecule has 138 valence electrons. The Morgan fingerprint density at radius 2 is 1.75 bits per heavy atom. The summed E-state index contributed by atoms with van der Waals surface area (Å²) in [6.07, 6.45) is 5.34. The van der Waals surface area contributed by atoms with Crippen LogP contribution in [0.4, 0.5) is 0 Å². The minimum absolute atomic E-state index is 0.0369. The van der Waals surface area contributed by atoms with Gasteiger partial charge in [0.25, 0.3) is 0 Å². The third-order valence-corrected chi connectivity index (χ3v) is 4.46. The van der Waals surface area contributed by atoms with Crippen LogP contribution in [0.5, 0.6) is 0 Å². The Hall–Kier alpha value is -1.79. The highest BCUT2D eigenvalue weighted by Crippen LogP contribution is 2.38. The maximum absolute atomic E-state index is 12.5. The van der Waals surface area contributed by atoms with Crippen molar-refractivity contribution in [2.45, 2.75) is 45.4 Å². The first-order valence-electron chi connectivity index (χ1n) is 8.88. The molecule has 1 fully saturated rings. The van der Waals surface area contributed by atoms with Crippen molar-refractivity contribution < 1.29 is 9.59 Å². The van der Waals surface area contributed by atoms with E-state index >= 15 is 0 Å². The molecule has 1 saturated carbocycles. The fraction of sp³-hybridized carbons (Fsp3) is 0.824. The van der Waals surface area contributed by atoms with E-state index < -0.39 is 0 Å². The van der Waals surface area contributed by atoms with Gasteiger partial charge >= 0.3 is 0 Å². The number of nitrogens with zero attached hydrogens (tertiary/aromatic N) is 2. The first-order chi connectivity index (χ1) is 11.4. The van der Waals surface area contributed by atoms with Gasteiger partial charge in [-0.1, -0.05) is 19.8 Å². The first-order valence-corrected chi connectivity index (χ1v) is 8.88. The van der Waals surface area contributed by atoms with Crippen LogP contribution in [-0.2, 0) is 9.59 Å². The van der Waals surface area contributed by atoms with Crippen LogP contribution >= 0.6 is 0 Å². The average molecular weight is 339 g/mol. The van der Waals surface area contributed by atoms with Crippen molar-refractivity contribution in [2.24, 2.45) is 10.4 Å². The van der Waals surface area contributed by atoms with Crippen molar-refractivity contribution in [3.8, 4) is 0 Å². The topological polar surface area (TPSA) is 85.8 Å². The van der Waals surface area contributed by atoms with Crippen molar-refractivity contribution in [3.05, 3.63) is 0 Å². The van der Waals surface area contributed by atoms with Gasteiger partial charge in [0.05, 0.1) is 5.41 Å². The van der Waals surface area contributed by atoms with Gasteiger partial charge in [0.2, 0.25) is 11.8 Å². The van der Waals surface area contributed by atoms with Crippen LogP contribution in [0.15, 0.2) is 4.99 Å². The van der Waals surface area contributed by atoms with Crippen LogP contribution < -0.4 is 16.0 Å². The second kappa shape index (κ2) is 10.2. The normalized spacial score (nSPS) is 16.6. The number of guanidine groups is 1. The maximum Gasteiger partial charge on any atom is 0.230 e. The third kappa shape index (κ3) is 6.02. The van der Waals surface area contributed by atoms with Gasteiger partial charge in [-0.3, -0.25) is 14.6 Å². The zero-order valence-electron chi connectivity index (χ0n) is 15.6. The smallest absolute Gasteiger partial charge is 0.230 e. The fourth-order valence-electron chi connectivity index (χ4n) is 3.11. The molecule has 0 bridgehead atoms. The van der Waals surface area contributed by atoms with E-state index in [-0.39, 0.29) is 17.2 Å². The molecular formula is C17H33N5O2. The van der Waals surface area contributed by atoms with Crippen LogP contribution in [0.1, 0.15) is 45.4 Å². The van der Waals surface area contributed by atoms with Gasteiger partial charge in [-0.05, 0) is 19.3 Å². The van der Waals surface area contributed by atoms with Crippen LogP contribution in [0, 0.1) is 5.41 Å². The molecule has 0 unspecified atom stereocenters. The second-order valence-electron chi connectivity index (χ2n) is 6.64. The molecule has 1 aliphatic rings. The number of hydrogen-bond donors (Lipinski definition) is 3. The van der Waals surface area contributed by atoms with Crippen LogP contribution in [0.3, 0.4) is 0 Å². The highest BCUT2D eigenvalue weighted by Gasteiger charge is 2.42. The Morgan fingerprint density at radius 3 is 2.29 bits per heavy atom. The summed E-state index contributed by atoms with van der Waals surface area (Å²) < 4.78 is 0. The number of nitrogens with one attached hydrogen (secondary N) is 3. The molecule has 0 spiro atoms. The maximum atomic E-state index is 12.5. The van der Waals surface area contributed by atoms with Crippen molar-refractivity contribution >= 4 is 17.8 Å². The van der Waals surface area contributed by atoms with E-state index in [1.165, 1.54) is 0 Å². The summed E-state index contributed by atoms with van der Waals surface area (Å²) in [6, 6.07) is 0. The zero-order chi connectivity index (χ0) is 18.0. The number of hydrogen-bond acceptors (Lipinski definition) is 3. The lowest BCUT2D eigenvalue weighted by molar-refractivity contribution is -0.138. The molecule has 24 heavy (non-hydrogen) atoms. The standard InChI is InChI=1S/C17H33N5O2/c1-5-11-19-14(23)8-12-20-16(18-2)21-13-17(9-6-7-10-17)15(24)22(3)4/h5-13H2,1-4H3,(H,19,23)(H2,18,20,21). The van der Waals surface area contributed by atoms with E-state index in [2.05, 4.69) is 20.9 Å². The Morgan fingerprint density at radius 1 is 1.08 bits per heavy atom. The molecule has 2 amide bonds. The van der Waals surface area contributed by atoms with Crippen molar-refractivity contribution in [1.82, 2.24) is 20.9 Å². The van der Waals surface area contributed by atoms with Gasteiger partial charge in [-0.2, -0.15) is 0 Å². The van der Waals surface area contributed by atoms with Crippen LogP contribution in [0.2, 0.25) is 0 Å². The molecule has 3 N–H and O–H groups in total. The van der Waals surface area contributed by atoms with E-state index in [1.807, 2.05) is 21.0 Å². The molecule has 0 aromatic rings. The molecule has 7 nitrogen and oxygen atoms in total. The average Bonchev–Trinajstić information content (AvgIpc) is 3.05. The number of amides is 2. The summed E-state index contributed by atoms with van der Waals surface area (Å²) in [7, 11) is 5.32. The number of carbonyl (C=O) groups is 2. The summed E-state index contributed by atoms with van der Waals surface area (Å²) >= 11 is 0. The highest BCUT2D eigenvalue weighted by atomic mass is 16.2. The lowest BCUT2D eigenvalue weighted by Gasteiger charge is -2.31. The summed E-state index contributed by atoms with van der Waals surface area (Å²) in [4.78, 5) is 30.0. The molecule has 7 heteroatoms. The Bertz CT molecular complexity index is 442. The zero-order valence-corrected chi connectivity index (χ0v) is 15.6. The Kier molecular flexibility index (Phi) is 8.57. The molecule has 1 rings (SSSR count). The number of carbonyl (C=O) groups excluding carboxylic acids is 2. The minimum Gasteiger partial charge on any atom is -0.356 e. The van der Waals surface area contributed by atoms with Gasteiger partial charge in [0.15, 0.2) is 5.96 Å². The summed E-state index contributed by atoms with van der Waals surface area (Å²) in [6.45, 7) is 3.83. The fourth-order valence-corrected chi connectivity index (χ4v) is 3.11. The van der Waals surface area contributed by atoms with Crippen molar-refractivity contribution in [2.75, 3.05) is 40.8 Å². The quantitative estimate of drug-likeness (QED) is 0.449. The molecule has 0 aliphatic heterocycles. The first kappa shape index (κ1) is 20.3. The molecule has 0 radical (unpaired) electrons. The Labute approximate surface area is 145 Å². The van der Waals surface area contributed by atoms with E-state index in [0.29, 0.717) is 32.0 Å². The van der Waals surface area contributed by atoms with Gasteiger partial charge in [-0.15, -0.1) is 0 Å². The summed E-state index contributed by atoms with van der Waals surface area (Å²) in [5.41, 5.74) is -0.334. The minimum atomic E-state index is -0.334. The van der Waals surface area contributed by atoms with Crippen LogP contribution in [-0.4, -0.2) is 63.5 Å². The molecule has 0 saturated heterocycles.